The molecule has 0 amide bonds. The van der Waals surface area contributed by atoms with Crippen molar-refractivity contribution in [2.75, 3.05) is 0 Å². The van der Waals surface area contributed by atoms with Gasteiger partial charge in [-0.2, -0.15) is 0 Å². The van der Waals surface area contributed by atoms with Gasteiger partial charge >= 0.3 is 0 Å². The van der Waals surface area contributed by atoms with Gasteiger partial charge in [0.1, 0.15) is 0 Å². The minimum Gasteiger partial charge on any atom is -0.0879 e. The monoisotopic (exact) mass is 260 g/mol. The van der Waals surface area contributed by atoms with Crippen LogP contribution in [0.3, 0.4) is 0 Å². The molecule has 2 fully saturated rings. The Hall–Kier alpha value is 0.470. The summed E-state index contributed by atoms with van der Waals surface area (Å²) >= 11 is 2.67. The summed E-state index contributed by atoms with van der Waals surface area (Å²) in [6, 6.07) is 0. The smallest absolute Gasteiger partial charge is 0.0146 e. The van der Waals surface area contributed by atoms with E-state index < -0.39 is 0 Å². The maximum absolute atomic E-state index is 2.67. The molecule has 0 spiro atoms. The maximum Gasteiger partial charge on any atom is 0.0146 e. The summed E-state index contributed by atoms with van der Waals surface area (Å²) in [6.45, 7) is 0. The summed E-state index contributed by atoms with van der Waals surface area (Å²) in [6.07, 6.45) is 9.39. The lowest BCUT2D eigenvalue weighted by atomic mass is 9.81. The van der Waals surface area contributed by atoms with Crippen LogP contribution in [0, 0.1) is 23.7 Å². The molecule has 0 aromatic heterocycles. The predicted molar refractivity (Wildman–Crippen MR) is 54.8 cm³/mol. The Balaban J connectivity index is 1.94. The second-order valence-electron chi connectivity index (χ2n) is 4.32. The molecule has 5 atom stereocenters. The van der Waals surface area contributed by atoms with E-state index in [1.54, 1.807) is 6.42 Å². The summed E-state index contributed by atoms with van der Waals surface area (Å²) in [4.78, 5) is 0. The van der Waals surface area contributed by atoms with Crippen molar-refractivity contribution >= 4 is 22.6 Å². The highest BCUT2D eigenvalue weighted by atomic mass is 127. The molecule has 0 aliphatic heterocycles. The quantitative estimate of drug-likeness (QED) is 0.357. The summed E-state index contributed by atoms with van der Waals surface area (Å²) in [5.41, 5.74) is 0. The Morgan fingerprint density at radius 1 is 1.18 bits per heavy atom. The highest BCUT2D eigenvalue weighted by molar-refractivity contribution is 14.1. The third-order valence-electron chi connectivity index (χ3n) is 3.93. The molecule has 3 aliphatic rings. The second-order valence-corrected chi connectivity index (χ2v) is 5.92. The molecule has 0 aromatic carbocycles. The minimum atomic E-state index is 0.996. The van der Waals surface area contributed by atoms with Crippen LogP contribution in [0.1, 0.15) is 19.3 Å². The van der Waals surface area contributed by atoms with Gasteiger partial charge < -0.3 is 0 Å². The van der Waals surface area contributed by atoms with Crippen molar-refractivity contribution < 1.29 is 0 Å². The van der Waals surface area contributed by atoms with Crippen LogP contribution in [0.4, 0.5) is 0 Å². The average molecular weight is 260 g/mol. The van der Waals surface area contributed by atoms with Gasteiger partial charge in [0.2, 0.25) is 0 Å². The predicted octanol–water partition coefficient (Wildman–Crippen LogP) is 3.02. The van der Waals surface area contributed by atoms with Crippen LogP contribution in [-0.2, 0) is 0 Å². The number of fused-ring (bicyclic) bond motifs is 5. The van der Waals surface area contributed by atoms with Crippen LogP contribution in [0.15, 0.2) is 12.2 Å². The maximum atomic E-state index is 2.67. The molecule has 3 aliphatic carbocycles. The molecule has 1 heteroatoms. The van der Waals surface area contributed by atoms with Gasteiger partial charge in [0.25, 0.3) is 0 Å². The van der Waals surface area contributed by atoms with E-state index in [0.717, 1.165) is 27.6 Å². The zero-order chi connectivity index (χ0) is 7.42. The summed E-state index contributed by atoms with van der Waals surface area (Å²) in [5, 5.41) is 0. The van der Waals surface area contributed by atoms with Gasteiger partial charge in [-0.05, 0) is 42.9 Å². The molecular formula is C10H13I. The van der Waals surface area contributed by atoms with E-state index in [0.29, 0.717) is 0 Å². The molecule has 60 valence electrons. The summed E-state index contributed by atoms with van der Waals surface area (Å²) < 4.78 is 1.00. The average Bonchev–Trinajstić information content (AvgIpc) is 2.52. The SMILES string of the molecule is I[C@@H]1C[C@H]2C[C@H]1[C@@H]1C=CC[C@@H]21. The number of hydrogen-bond acceptors (Lipinski definition) is 0. The largest absolute Gasteiger partial charge is 0.0879 e. The molecule has 2 saturated carbocycles. The van der Waals surface area contributed by atoms with E-state index in [4.69, 9.17) is 0 Å². The van der Waals surface area contributed by atoms with Crippen LogP contribution in [-0.4, -0.2) is 3.92 Å². The van der Waals surface area contributed by atoms with Crippen LogP contribution < -0.4 is 0 Å². The van der Waals surface area contributed by atoms with Crippen molar-refractivity contribution in [3.63, 3.8) is 0 Å². The second kappa shape index (κ2) is 2.24. The molecule has 2 bridgehead atoms. The highest BCUT2D eigenvalue weighted by Gasteiger charge is 2.51. The van der Waals surface area contributed by atoms with Crippen molar-refractivity contribution in [2.45, 2.75) is 23.2 Å². The molecule has 0 radical (unpaired) electrons. The van der Waals surface area contributed by atoms with Crippen molar-refractivity contribution in [1.29, 1.82) is 0 Å². The van der Waals surface area contributed by atoms with Gasteiger partial charge in [0.05, 0.1) is 0 Å². The van der Waals surface area contributed by atoms with Gasteiger partial charge in [-0.25, -0.2) is 0 Å². The third-order valence-corrected chi connectivity index (χ3v) is 5.36. The first-order chi connectivity index (χ1) is 5.36. The van der Waals surface area contributed by atoms with Gasteiger partial charge in [-0.1, -0.05) is 34.7 Å². The van der Waals surface area contributed by atoms with E-state index in [1.807, 2.05) is 0 Å². The Morgan fingerprint density at radius 2 is 2.09 bits per heavy atom. The number of allylic oxidation sites excluding steroid dienone is 2. The van der Waals surface area contributed by atoms with Crippen LogP contribution in [0.5, 0.6) is 0 Å². The van der Waals surface area contributed by atoms with Crippen molar-refractivity contribution in [3.05, 3.63) is 12.2 Å². The van der Waals surface area contributed by atoms with Crippen LogP contribution >= 0.6 is 22.6 Å². The molecule has 11 heavy (non-hydrogen) atoms. The van der Waals surface area contributed by atoms with Crippen LogP contribution in [0.2, 0.25) is 0 Å². The Bertz CT molecular complexity index is 209. The summed E-state index contributed by atoms with van der Waals surface area (Å²) in [7, 11) is 0. The molecular weight excluding hydrogens is 247 g/mol. The lowest BCUT2D eigenvalue weighted by Gasteiger charge is -2.27. The fourth-order valence-electron chi connectivity index (χ4n) is 3.46. The lowest BCUT2D eigenvalue weighted by molar-refractivity contribution is 0.297. The topological polar surface area (TPSA) is 0 Å². The zero-order valence-corrected chi connectivity index (χ0v) is 8.70. The normalized spacial score (nSPS) is 58.8. The highest BCUT2D eigenvalue weighted by Crippen LogP contribution is 2.58. The van der Waals surface area contributed by atoms with E-state index in [1.165, 1.54) is 12.8 Å². The molecule has 0 unspecified atom stereocenters. The third kappa shape index (κ3) is 0.809. The first-order valence-electron chi connectivity index (χ1n) is 4.67. The number of alkyl halides is 1. The molecule has 0 N–H and O–H groups in total. The fraction of sp³-hybridized carbons (Fsp3) is 0.800. The van der Waals surface area contributed by atoms with Crippen LogP contribution in [0.25, 0.3) is 0 Å². The first kappa shape index (κ1) is 6.93. The summed E-state index contributed by atoms with van der Waals surface area (Å²) in [5.74, 6) is 4.23. The zero-order valence-electron chi connectivity index (χ0n) is 6.54. The molecule has 3 rings (SSSR count). The Labute approximate surface area is 81.6 Å². The van der Waals surface area contributed by atoms with E-state index in [9.17, 15) is 0 Å². The van der Waals surface area contributed by atoms with Crippen molar-refractivity contribution in [1.82, 2.24) is 0 Å². The van der Waals surface area contributed by atoms with Crippen molar-refractivity contribution in [3.8, 4) is 0 Å². The molecule has 0 aromatic rings. The van der Waals surface area contributed by atoms with E-state index in [2.05, 4.69) is 34.7 Å². The molecule has 0 saturated heterocycles. The lowest BCUT2D eigenvalue weighted by Crippen LogP contribution is -2.23. The Morgan fingerprint density at radius 3 is 3.00 bits per heavy atom. The van der Waals surface area contributed by atoms with Gasteiger partial charge in [-0.15, -0.1) is 0 Å². The van der Waals surface area contributed by atoms with Gasteiger partial charge in [-0.3, -0.25) is 0 Å². The van der Waals surface area contributed by atoms with Crippen molar-refractivity contribution in [2.24, 2.45) is 23.7 Å². The number of halogens is 1. The fourth-order valence-corrected chi connectivity index (χ4v) is 4.89. The Kier molecular flexibility index (Phi) is 1.41. The van der Waals surface area contributed by atoms with Gasteiger partial charge in [0.15, 0.2) is 0 Å². The van der Waals surface area contributed by atoms with E-state index >= 15 is 0 Å². The van der Waals surface area contributed by atoms with Gasteiger partial charge in [0, 0.05) is 3.92 Å². The number of hydrogen-bond donors (Lipinski definition) is 0. The molecule has 0 heterocycles. The first-order valence-corrected chi connectivity index (χ1v) is 5.91. The number of rotatable bonds is 0. The van der Waals surface area contributed by atoms with E-state index in [-0.39, 0.29) is 0 Å². The molecule has 0 nitrogen and oxygen atoms in total. The standard InChI is InChI=1S/C10H13I/c11-10-5-6-4-9(10)8-3-1-2-7(6)8/h1,3,6-10H,2,4-5H2/t6-,7+,8-,9+,10-/m1/s1. The minimum absolute atomic E-state index is 0.996.